The van der Waals surface area contributed by atoms with Crippen LogP contribution in [0.5, 0.6) is 5.75 Å². The van der Waals surface area contributed by atoms with Gasteiger partial charge in [0.05, 0.1) is 25.7 Å². The van der Waals surface area contributed by atoms with Crippen molar-refractivity contribution in [3.8, 4) is 5.75 Å². The maximum Gasteiger partial charge on any atom is 0.118 e. The van der Waals surface area contributed by atoms with Crippen molar-refractivity contribution in [2.75, 3.05) is 26.1 Å². The van der Waals surface area contributed by atoms with E-state index in [1.54, 1.807) is 7.11 Å². The molecular weight excluding hydrogens is 238 g/mol. The van der Waals surface area contributed by atoms with Crippen molar-refractivity contribution in [1.29, 1.82) is 0 Å². The third-order valence-corrected chi connectivity index (χ3v) is 3.80. The molecule has 19 heavy (non-hydrogen) atoms. The molecule has 0 saturated carbocycles. The second-order valence-corrected chi connectivity index (χ2v) is 4.93. The SMILES string of the molecule is COc1ccc(C2(c3ccc(N)cc3)COC2)cc1. The number of rotatable bonds is 3. The molecule has 1 aliphatic heterocycles. The van der Waals surface area contributed by atoms with Gasteiger partial charge < -0.3 is 15.2 Å². The second-order valence-electron chi connectivity index (χ2n) is 4.93. The third-order valence-electron chi connectivity index (χ3n) is 3.80. The zero-order chi connectivity index (χ0) is 13.3. The molecule has 0 aromatic heterocycles. The van der Waals surface area contributed by atoms with Crippen LogP contribution in [-0.4, -0.2) is 20.3 Å². The average molecular weight is 255 g/mol. The highest BCUT2D eigenvalue weighted by atomic mass is 16.5. The van der Waals surface area contributed by atoms with Crippen molar-refractivity contribution in [3.63, 3.8) is 0 Å². The highest BCUT2D eigenvalue weighted by Gasteiger charge is 2.41. The zero-order valence-corrected chi connectivity index (χ0v) is 10.9. The minimum Gasteiger partial charge on any atom is -0.497 e. The van der Waals surface area contributed by atoms with E-state index in [2.05, 4.69) is 24.3 Å². The molecule has 0 unspecified atom stereocenters. The van der Waals surface area contributed by atoms with Gasteiger partial charge in [-0.1, -0.05) is 24.3 Å². The predicted molar refractivity (Wildman–Crippen MR) is 75.4 cm³/mol. The van der Waals surface area contributed by atoms with Gasteiger partial charge in [0.2, 0.25) is 0 Å². The highest BCUT2D eigenvalue weighted by molar-refractivity contribution is 5.48. The summed E-state index contributed by atoms with van der Waals surface area (Å²) in [4.78, 5) is 0. The quantitative estimate of drug-likeness (QED) is 0.857. The van der Waals surface area contributed by atoms with Crippen LogP contribution >= 0.6 is 0 Å². The third kappa shape index (κ3) is 1.96. The first kappa shape index (κ1) is 12.1. The van der Waals surface area contributed by atoms with E-state index in [1.807, 2.05) is 24.3 Å². The smallest absolute Gasteiger partial charge is 0.118 e. The molecule has 3 heteroatoms. The Morgan fingerprint density at radius 2 is 1.47 bits per heavy atom. The maximum absolute atomic E-state index is 5.76. The van der Waals surface area contributed by atoms with Gasteiger partial charge in [-0.15, -0.1) is 0 Å². The lowest BCUT2D eigenvalue weighted by molar-refractivity contribution is -0.0380. The molecule has 2 N–H and O–H groups in total. The normalized spacial score (nSPS) is 16.7. The van der Waals surface area contributed by atoms with Gasteiger partial charge >= 0.3 is 0 Å². The van der Waals surface area contributed by atoms with Crippen LogP contribution in [0.4, 0.5) is 5.69 Å². The minimum absolute atomic E-state index is 0.0417. The fourth-order valence-corrected chi connectivity index (χ4v) is 2.52. The Kier molecular flexibility index (Phi) is 2.91. The first-order valence-electron chi connectivity index (χ1n) is 6.33. The zero-order valence-electron chi connectivity index (χ0n) is 10.9. The topological polar surface area (TPSA) is 44.5 Å². The second kappa shape index (κ2) is 4.59. The van der Waals surface area contributed by atoms with Crippen LogP contribution in [0.3, 0.4) is 0 Å². The van der Waals surface area contributed by atoms with E-state index >= 15 is 0 Å². The van der Waals surface area contributed by atoms with Crippen LogP contribution in [0.25, 0.3) is 0 Å². The first-order valence-corrected chi connectivity index (χ1v) is 6.33. The predicted octanol–water partition coefficient (Wildman–Crippen LogP) is 2.59. The van der Waals surface area contributed by atoms with Crippen molar-refractivity contribution in [1.82, 2.24) is 0 Å². The van der Waals surface area contributed by atoms with Crippen LogP contribution in [-0.2, 0) is 10.2 Å². The molecule has 3 nitrogen and oxygen atoms in total. The molecule has 2 aromatic rings. The summed E-state index contributed by atoms with van der Waals surface area (Å²) in [5.41, 5.74) is 9.00. The standard InChI is InChI=1S/C16H17NO2/c1-18-15-8-4-13(5-9-15)16(10-19-11-16)12-2-6-14(17)7-3-12/h2-9H,10-11,17H2,1H3. The van der Waals surface area contributed by atoms with Crippen LogP contribution in [0.2, 0.25) is 0 Å². The largest absolute Gasteiger partial charge is 0.497 e. The average Bonchev–Trinajstić information content (AvgIpc) is 2.40. The monoisotopic (exact) mass is 255 g/mol. The van der Waals surface area contributed by atoms with Crippen LogP contribution in [0.1, 0.15) is 11.1 Å². The van der Waals surface area contributed by atoms with Gasteiger partial charge in [0.25, 0.3) is 0 Å². The summed E-state index contributed by atoms with van der Waals surface area (Å²) in [5.74, 6) is 0.872. The highest BCUT2D eigenvalue weighted by Crippen LogP contribution is 2.39. The van der Waals surface area contributed by atoms with E-state index in [9.17, 15) is 0 Å². The number of hydrogen-bond acceptors (Lipinski definition) is 3. The lowest BCUT2D eigenvalue weighted by Gasteiger charge is -2.42. The molecule has 0 aliphatic carbocycles. The molecule has 0 bridgehead atoms. The van der Waals surface area contributed by atoms with Crippen molar-refractivity contribution in [2.24, 2.45) is 0 Å². The van der Waals surface area contributed by atoms with Gasteiger partial charge in [0.15, 0.2) is 0 Å². The lowest BCUT2D eigenvalue weighted by Crippen LogP contribution is -2.47. The molecule has 0 atom stereocenters. The van der Waals surface area contributed by atoms with E-state index in [1.165, 1.54) is 11.1 Å². The fourth-order valence-electron chi connectivity index (χ4n) is 2.52. The van der Waals surface area contributed by atoms with Crippen LogP contribution in [0.15, 0.2) is 48.5 Å². The Bertz CT molecular complexity index is 556. The molecule has 0 spiro atoms. The molecule has 1 fully saturated rings. The van der Waals surface area contributed by atoms with Gasteiger partial charge in [-0.25, -0.2) is 0 Å². The number of ether oxygens (including phenoxy) is 2. The molecule has 1 heterocycles. The van der Waals surface area contributed by atoms with E-state index < -0.39 is 0 Å². The first-order chi connectivity index (χ1) is 9.24. The molecule has 1 aliphatic rings. The van der Waals surface area contributed by atoms with E-state index in [-0.39, 0.29) is 5.41 Å². The summed E-state index contributed by atoms with van der Waals surface area (Å²) in [6.45, 7) is 1.42. The maximum atomic E-state index is 5.76. The van der Waals surface area contributed by atoms with Gasteiger partial charge in [-0.2, -0.15) is 0 Å². The lowest BCUT2D eigenvalue weighted by atomic mass is 9.73. The number of nitrogens with two attached hydrogens (primary N) is 1. The van der Waals surface area contributed by atoms with Gasteiger partial charge in [0, 0.05) is 5.69 Å². The van der Waals surface area contributed by atoms with Gasteiger partial charge in [0.1, 0.15) is 5.75 Å². The van der Waals surface area contributed by atoms with Crippen molar-refractivity contribution in [2.45, 2.75) is 5.41 Å². The molecular formula is C16H17NO2. The Morgan fingerprint density at radius 3 is 1.89 bits per heavy atom. The summed E-state index contributed by atoms with van der Waals surface area (Å²) < 4.78 is 10.7. The van der Waals surface area contributed by atoms with E-state index in [4.69, 9.17) is 15.2 Å². The summed E-state index contributed by atoms with van der Waals surface area (Å²) in [6.07, 6.45) is 0. The van der Waals surface area contributed by atoms with Crippen LogP contribution in [0, 0.1) is 0 Å². The Balaban J connectivity index is 2.00. The Hall–Kier alpha value is -2.00. The number of benzene rings is 2. The number of hydrogen-bond donors (Lipinski definition) is 1. The Labute approximate surface area is 113 Å². The molecule has 1 saturated heterocycles. The van der Waals surface area contributed by atoms with Gasteiger partial charge in [-0.05, 0) is 35.4 Å². The summed E-state index contributed by atoms with van der Waals surface area (Å²) >= 11 is 0. The molecule has 3 rings (SSSR count). The van der Waals surface area contributed by atoms with E-state index in [0.717, 1.165) is 11.4 Å². The van der Waals surface area contributed by atoms with Crippen molar-refractivity contribution >= 4 is 5.69 Å². The number of nitrogen functional groups attached to an aromatic ring is 1. The molecule has 98 valence electrons. The van der Waals surface area contributed by atoms with E-state index in [0.29, 0.717) is 13.2 Å². The van der Waals surface area contributed by atoms with Crippen molar-refractivity contribution < 1.29 is 9.47 Å². The van der Waals surface area contributed by atoms with Crippen LogP contribution < -0.4 is 10.5 Å². The fraction of sp³-hybridized carbons (Fsp3) is 0.250. The Morgan fingerprint density at radius 1 is 0.947 bits per heavy atom. The van der Waals surface area contributed by atoms with Gasteiger partial charge in [-0.3, -0.25) is 0 Å². The molecule has 2 aromatic carbocycles. The summed E-state index contributed by atoms with van der Waals surface area (Å²) in [7, 11) is 1.68. The minimum atomic E-state index is -0.0417. The van der Waals surface area contributed by atoms with Crippen molar-refractivity contribution in [3.05, 3.63) is 59.7 Å². The summed E-state index contributed by atoms with van der Waals surface area (Å²) in [5, 5.41) is 0. The summed E-state index contributed by atoms with van der Waals surface area (Å²) in [6, 6.07) is 16.3. The molecule has 0 amide bonds. The number of anilines is 1. The number of methoxy groups -OCH3 is 1. The molecule has 0 radical (unpaired) electrons.